The zero-order chi connectivity index (χ0) is 19.6. The number of alkyl halides is 3. The van der Waals surface area contributed by atoms with Crippen LogP contribution >= 0.6 is 0 Å². The zero-order valence-electron chi connectivity index (χ0n) is 15.3. The van der Waals surface area contributed by atoms with E-state index in [-0.39, 0.29) is 17.4 Å². The minimum atomic E-state index is -4.41. The van der Waals surface area contributed by atoms with Crippen molar-refractivity contribution in [3.05, 3.63) is 71.1 Å². The third kappa shape index (κ3) is 4.36. The first kappa shape index (κ1) is 19.1. The molecule has 2 aromatic carbocycles. The van der Waals surface area contributed by atoms with E-state index >= 15 is 0 Å². The Morgan fingerprint density at radius 3 is 2.56 bits per heavy atom. The summed E-state index contributed by atoms with van der Waals surface area (Å²) in [6, 6.07) is 12.8. The molecule has 0 aliphatic rings. The van der Waals surface area contributed by atoms with Crippen LogP contribution < -0.4 is 0 Å². The number of nitrogens with zero attached hydrogens (tertiary/aromatic N) is 3. The van der Waals surface area contributed by atoms with Gasteiger partial charge >= 0.3 is 6.18 Å². The van der Waals surface area contributed by atoms with Gasteiger partial charge in [0.15, 0.2) is 0 Å². The second-order valence-corrected chi connectivity index (χ2v) is 6.55. The highest BCUT2D eigenvalue weighted by molar-refractivity contribution is 5.55. The molecule has 1 atom stereocenters. The van der Waals surface area contributed by atoms with Gasteiger partial charge in [-0.05, 0) is 44.2 Å². The third-order valence-electron chi connectivity index (χ3n) is 4.59. The molecule has 0 fully saturated rings. The second-order valence-electron chi connectivity index (χ2n) is 6.55. The largest absolute Gasteiger partial charge is 0.416 e. The Morgan fingerprint density at radius 2 is 1.85 bits per heavy atom. The minimum Gasteiger partial charge on any atom is -0.337 e. The molecule has 0 spiro atoms. The maximum absolute atomic E-state index is 12.9. The van der Waals surface area contributed by atoms with E-state index in [4.69, 9.17) is 4.52 Å². The van der Waals surface area contributed by atoms with Gasteiger partial charge in [-0.2, -0.15) is 18.2 Å². The molecule has 3 rings (SSSR count). The molecule has 0 radical (unpaired) electrons. The molecule has 0 amide bonds. The van der Waals surface area contributed by atoms with E-state index < -0.39 is 11.7 Å². The van der Waals surface area contributed by atoms with E-state index in [0.717, 1.165) is 12.1 Å². The summed E-state index contributed by atoms with van der Waals surface area (Å²) in [7, 11) is 1.94. The summed E-state index contributed by atoms with van der Waals surface area (Å²) in [5, 5.41) is 3.86. The standard InChI is InChI=1S/C20H20F3N3O/c1-13-7-4-5-8-16(13)12-26(3)14(2)19-24-18(25-27-19)15-9-6-10-17(11-15)20(21,22)23/h4-11,14H,12H2,1-3H3. The van der Waals surface area contributed by atoms with Crippen molar-refractivity contribution in [1.29, 1.82) is 0 Å². The molecule has 0 aliphatic carbocycles. The van der Waals surface area contributed by atoms with Gasteiger partial charge in [0.1, 0.15) is 0 Å². The van der Waals surface area contributed by atoms with E-state index in [1.165, 1.54) is 23.3 Å². The average molecular weight is 375 g/mol. The third-order valence-corrected chi connectivity index (χ3v) is 4.59. The fourth-order valence-electron chi connectivity index (χ4n) is 2.74. The molecule has 0 N–H and O–H groups in total. The Kier molecular flexibility index (Phi) is 5.32. The van der Waals surface area contributed by atoms with E-state index in [1.807, 2.05) is 44.0 Å². The highest BCUT2D eigenvalue weighted by Crippen LogP contribution is 2.32. The van der Waals surface area contributed by atoms with Crippen molar-refractivity contribution < 1.29 is 17.7 Å². The predicted octanol–water partition coefficient (Wildman–Crippen LogP) is 5.26. The summed E-state index contributed by atoms with van der Waals surface area (Å²) in [6.45, 7) is 4.66. The minimum absolute atomic E-state index is 0.146. The van der Waals surface area contributed by atoms with Crippen LogP contribution in [-0.2, 0) is 12.7 Å². The number of hydrogen-bond acceptors (Lipinski definition) is 4. The second kappa shape index (κ2) is 7.52. The van der Waals surface area contributed by atoms with Gasteiger partial charge in [0.05, 0.1) is 11.6 Å². The van der Waals surface area contributed by atoms with Gasteiger partial charge in [-0.25, -0.2) is 0 Å². The summed E-state index contributed by atoms with van der Waals surface area (Å²) in [4.78, 5) is 6.35. The molecule has 4 nitrogen and oxygen atoms in total. The monoisotopic (exact) mass is 375 g/mol. The molecular formula is C20H20F3N3O. The fraction of sp³-hybridized carbons (Fsp3) is 0.300. The summed E-state index contributed by atoms with van der Waals surface area (Å²) in [5.41, 5.74) is 1.90. The van der Waals surface area contributed by atoms with Crippen LogP contribution in [0.1, 0.15) is 35.5 Å². The fourth-order valence-corrected chi connectivity index (χ4v) is 2.74. The molecule has 3 aromatic rings. The number of aromatic nitrogens is 2. The van der Waals surface area contributed by atoms with Crippen LogP contribution in [0, 0.1) is 6.92 Å². The van der Waals surface area contributed by atoms with Gasteiger partial charge in [-0.1, -0.05) is 41.6 Å². The number of rotatable bonds is 5. The van der Waals surface area contributed by atoms with Gasteiger partial charge in [0.2, 0.25) is 11.7 Å². The van der Waals surface area contributed by atoms with Crippen molar-refractivity contribution in [2.75, 3.05) is 7.05 Å². The summed E-state index contributed by atoms with van der Waals surface area (Å²) < 4.78 is 44.0. The summed E-state index contributed by atoms with van der Waals surface area (Å²) in [6.07, 6.45) is -4.41. The van der Waals surface area contributed by atoms with Crippen molar-refractivity contribution in [3.63, 3.8) is 0 Å². The smallest absolute Gasteiger partial charge is 0.337 e. The van der Waals surface area contributed by atoms with Crippen LogP contribution in [-0.4, -0.2) is 22.1 Å². The molecule has 7 heteroatoms. The first-order valence-corrected chi connectivity index (χ1v) is 8.51. The Labute approximate surface area is 155 Å². The molecule has 0 saturated carbocycles. The van der Waals surface area contributed by atoms with E-state index in [0.29, 0.717) is 12.4 Å². The van der Waals surface area contributed by atoms with E-state index in [1.54, 1.807) is 0 Å². The first-order chi connectivity index (χ1) is 12.8. The van der Waals surface area contributed by atoms with Crippen LogP contribution in [0.5, 0.6) is 0 Å². The van der Waals surface area contributed by atoms with Crippen LogP contribution in [0.15, 0.2) is 53.1 Å². The predicted molar refractivity (Wildman–Crippen MR) is 95.8 cm³/mol. The maximum atomic E-state index is 12.9. The average Bonchev–Trinajstić information content (AvgIpc) is 3.12. The molecule has 142 valence electrons. The van der Waals surface area contributed by atoms with Crippen molar-refractivity contribution in [1.82, 2.24) is 15.0 Å². The van der Waals surface area contributed by atoms with Crippen molar-refractivity contribution in [2.45, 2.75) is 32.6 Å². The Bertz CT molecular complexity index is 921. The highest BCUT2D eigenvalue weighted by Gasteiger charge is 2.31. The normalized spacial score (nSPS) is 13.1. The van der Waals surface area contributed by atoms with Gasteiger partial charge in [-0.3, -0.25) is 4.90 Å². The lowest BCUT2D eigenvalue weighted by molar-refractivity contribution is -0.137. The first-order valence-electron chi connectivity index (χ1n) is 8.51. The van der Waals surface area contributed by atoms with Crippen LogP contribution in [0.3, 0.4) is 0 Å². The zero-order valence-corrected chi connectivity index (χ0v) is 15.3. The van der Waals surface area contributed by atoms with Gasteiger partial charge in [0, 0.05) is 12.1 Å². The topological polar surface area (TPSA) is 42.2 Å². The number of benzene rings is 2. The molecule has 27 heavy (non-hydrogen) atoms. The number of halogens is 3. The van der Waals surface area contributed by atoms with Crippen molar-refractivity contribution >= 4 is 0 Å². The van der Waals surface area contributed by atoms with Crippen LogP contribution in [0.25, 0.3) is 11.4 Å². The Morgan fingerprint density at radius 1 is 1.11 bits per heavy atom. The summed E-state index contributed by atoms with van der Waals surface area (Å²) >= 11 is 0. The number of hydrogen-bond donors (Lipinski definition) is 0. The SMILES string of the molecule is Cc1ccccc1CN(C)C(C)c1nc(-c2cccc(C(F)(F)F)c2)no1. The molecule has 0 saturated heterocycles. The van der Waals surface area contributed by atoms with E-state index in [9.17, 15) is 13.2 Å². The highest BCUT2D eigenvalue weighted by atomic mass is 19.4. The van der Waals surface area contributed by atoms with Crippen LogP contribution in [0.2, 0.25) is 0 Å². The quantitative estimate of drug-likeness (QED) is 0.610. The van der Waals surface area contributed by atoms with Gasteiger partial charge < -0.3 is 4.52 Å². The van der Waals surface area contributed by atoms with Crippen LogP contribution in [0.4, 0.5) is 13.2 Å². The number of aryl methyl sites for hydroxylation is 1. The molecule has 1 unspecified atom stereocenters. The Balaban J connectivity index is 1.78. The lowest BCUT2D eigenvalue weighted by atomic mass is 10.1. The molecule has 1 heterocycles. The van der Waals surface area contributed by atoms with Crippen molar-refractivity contribution in [2.24, 2.45) is 0 Å². The molecular weight excluding hydrogens is 355 g/mol. The lowest BCUT2D eigenvalue weighted by Gasteiger charge is -2.22. The van der Waals surface area contributed by atoms with Gasteiger partial charge in [0.25, 0.3) is 0 Å². The van der Waals surface area contributed by atoms with E-state index in [2.05, 4.69) is 16.2 Å². The molecule has 0 bridgehead atoms. The van der Waals surface area contributed by atoms with Gasteiger partial charge in [-0.15, -0.1) is 0 Å². The summed E-state index contributed by atoms with van der Waals surface area (Å²) in [5.74, 6) is 0.505. The molecule has 1 aromatic heterocycles. The maximum Gasteiger partial charge on any atom is 0.416 e. The Hall–Kier alpha value is -2.67. The molecule has 0 aliphatic heterocycles. The lowest BCUT2D eigenvalue weighted by Crippen LogP contribution is -2.22. The van der Waals surface area contributed by atoms with Crippen molar-refractivity contribution in [3.8, 4) is 11.4 Å².